The average molecular weight is 208 g/mol. The Morgan fingerprint density at radius 2 is 2.40 bits per heavy atom. The molecule has 2 rings (SSSR count). The van der Waals surface area contributed by atoms with Gasteiger partial charge in [0.15, 0.2) is 0 Å². The second-order valence-corrected chi connectivity index (χ2v) is 4.39. The van der Waals surface area contributed by atoms with Crippen molar-refractivity contribution in [1.29, 1.82) is 0 Å². The van der Waals surface area contributed by atoms with Gasteiger partial charge in [-0.2, -0.15) is 0 Å². The summed E-state index contributed by atoms with van der Waals surface area (Å²) in [4.78, 5) is 2.49. The molecule has 0 amide bonds. The molecule has 1 unspecified atom stereocenters. The maximum atomic E-state index is 5.66. The fourth-order valence-electron chi connectivity index (χ4n) is 2.26. The van der Waals surface area contributed by atoms with Crippen molar-refractivity contribution in [2.24, 2.45) is 5.73 Å². The molecule has 1 saturated heterocycles. The van der Waals surface area contributed by atoms with Crippen LogP contribution in [0.4, 0.5) is 0 Å². The fourth-order valence-corrected chi connectivity index (χ4v) is 2.26. The number of hydrogen-bond acceptors (Lipinski definition) is 3. The number of nitrogens with zero attached hydrogens (tertiary/aromatic N) is 1. The zero-order valence-electron chi connectivity index (χ0n) is 9.41. The third-order valence-corrected chi connectivity index (χ3v) is 3.34. The molecule has 1 aromatic rings. The highest BCUT2D eigenvalue weighted by Gasteiger charge is 2.20. The van der Waals surface area contributed by atoms with Crippen LogP contribution in [-0.4, -0.2) is 17.5 Å². The van der Waals surface area contributed by atoms with Gasteiger partial charge in [-0.1, -0.05) is 6.42 Å². The van der Waals surface area contributed by atoms with Gasteiger partial charge in [-0.15, -0.1) is 0 Å². The molecule has 1 atom stereocenters. The van der Waals surface area contributed by atoms with Crippen LogP contribution in [-0.2, 0) is 13.1 Å². The molecule has 0 saturated carbocycles. The van der Waals surface area contributed by atoms with E-state index in [9.17, 15) is 0 Å². The van der Waals surface area contributed by atoms with Crippen LogP contribution >= 0.6 is 0 Å². The number of furan rings is 1. The van der Waals surface area contributed by atoms with Crippen molar-refractivity contribution < 1.29 is 4.42 Å². The second-order valence-electron chi connectivity index (χ2n) is 4.39. The van der Waals surface area contributed by atoms with Crippen LogP contribution in [0.3, 0.4) is 0 Å². The Morgan fingerprint density at radius 3 is 3.13 bits per heavy atom. The minimum atomic E-state index is 0.577. The predicted octanol–water partition coefficient (Wildman–Crippen LogP) is 2.11. The first-order chi connectivity index (χ1) is 7.31. The molecule has 0 aliphatic carbocycles. The second kappa shape index (κ2) is 4.81. The summed E-state index contributed by atoms with van der Waals surface area (Å²) >= 11 is 0. The molecule has 15 heavy (non-hydrogen) atoms. The zero-order valence-corrected chi connectivity index (χ0v) is 9.41. The van der Waals surface area contributed by atoms with E-state index >= 15 is 0 Å². The Kier molecular flexibility index (Phi) is 3.44. The molecule has 2 heterocycles. The van der Waals surface area contributed by atoms with Gasteiger partial charge in [0.05, 0.1) is 12.8 Å². The van der Waals surface area contributed by atoms with E-state index in [-0.39, 0.29) is 0 Å². The predicted molar refractivity (Wildman–Crippen MR) is 60.3 cm³/mol. The molecule has 1 aliphatic heterocycles. The number of nitrogens with two attached hydrogens (primary N) is 1. The van der Waals surface area contributed by atoms with Crippen molar-refractivity contribution >= 4 is 0 Å². The van der Waals surface area contributed by atoms with E-state index in [0.29, 0.717) is 12.6 Å². The standard InChI is InChI=1S/C12H20N2O/c1-10-4-2-3-6-14(10)9-12-11(8-13)5-7-15-12/h5,7,10H,2-4,6,8-9,13H2,1H3. The Bertz CT molecular complexity index is 308. The quantitative estimate of drug-likeness (QED) is 0.827. The molecule has 0 aromatic carbocycles. The van der Waals surface area contributed by atoms with Crippen molar-refractivity contribution in [3.8, 4) is 0 Å². The van der Waals surface area contributed by atoms with Crippen LogP contribution < -0.4 is 5.73 Å². The third kappa shape index (κ3) is 2.41. The van der Waals surface area contributed by atoms with Crippen molar-refractivity contribution in [1.82, 2.24) is 4.90 Å². The first kappa shape index (κ1) is 10.7. The molecule has 84 valence electrons. The van der Waals surface area contributed by atoms with E-state index in [0.717, 1.165) is 17.9 Å². The van der Waals surface area contributed by atoms with Gasteiger partial charge in [-0.05, 0) is 32.4 Å². The molecule has 3 heteroatoms. The summed E-state index contributed by atoms with van der Waals surface area (Å²) in [7, 11) is 0. The average Bonchev–Trinajstić information content (AvgIpc) is 2.69. The molecule has 2 N–H and O–H groups in total. The molecule has 1 aliphatic rings. The van der Waals surface area contributed by atoms with E-state index in [2.05, 4.69) is 11.8 Å². The SMILES string of the molecule is CC1CCCCN1Cc1occc1CN. The number of piperidine rings is 1. The Hall–Kier alpha value is -0.800. The van der Waals surface area contributed by atoms with Crippen molar-refractivity contribution in [3.63, 3.8) is 0 Å². The minimum absolute atomic E-state index is 0.577. The first-order valence-corrected chi connectivity index (χ1v) is 5.80. The van der Waals surface area contributed by atoms with Gasteiger partial charge in [0.1, 0.15) is 5.76 Å². The summed E-state index contributed by atoms with van der Waals surface area (Å²) in [5.41, 5.74) is 6.80. The van der Waals surface area contributed by atoms with Gasteiger partial charge >= 0.3 is 0 Å². The van der Waals surface area contributed by atoms with Crippen LogP contribution in [0.15, 0.2) is 16.7 Å². The van der Waals surface area contributed by atoms with Crippen molar-refractivity contribution in [2.75, 3.05) is 6.54 Å². The van der Waals surface area contributed by atoms with Gasteiger partial charge in [0.25, 0.3) is 0 Å². The van der Waals surface area contributed by atoms with Crippen molar-refractivity contribution in [3.05, 3.63) is 23.7 Å². The molecule has 1 fully saturated rings. The summed E-state index contributed by atoms with van der Waals surface area (Å²) in [6, 6.07) is 2.65. The number of likely N-dealkylation sites (tertiary alicyclic amines) is 1. The van der Waals surface area contributed by atoms with Crippen LogP contribution in [0.25, 0.3) is 0 Å². The number of hydrogen-bond donors (Lipinski definition) is 1. The molecular formula is C12H20N2O. The van der Waals surface area contributed by atoms with E-state index in [1.54, 1.807) is 6.26 Å². The summed E-state index contributed by atoms with van der Waals surface area (Å²) < 4.78 is 5.48. The Morgan fingerprint density at radius 1 is 1.53 bits per heavy atom. The van der Waals surface area contributed by atoms with Crippen LogP contribution in [0.5, 0.6) is 0 Å². The maximum Gasteiger partial charge on any atom is 0.122 e. The number of rotatable bonds is 3. The largest absolute Gasteiger partial charge is 0.468 e. The minimum Gasteiger partial charge on any atom is -0.468 e. The Balaban J connectivity index is 2.01. The normalized spacial score (nSPS) is 23.2. The topological polar surface area (TPSA) is 42.4 Å². The fraction of sp³-hybridized carbons (Fsp3) is 0.667. The summed E-state index contributed by atoms with van der Waals surface area (Å²) in [6.45, 7) is 4.98. The molecule has 3 nitrogen and oxygen atoms in total. The lowest BCUT2D eigenvalue weighted by Gasteiger charge is -2.32. The van der Waals surface area contributed by atoms with Gasteiger partial charge in [-0.3, -0.25) is 4.90 Å². The third-order valence-electron chi connectivity index (χ3n) is 3.34. The molecule has 1 aromatic heterocycles. The summed E-state index contributed by atoms with van der Waals surface area (Å²) in [5.74, 6) is 1.05. The lowest BCUT2D eigenvalue weighted by molar-refractivity contribution is 0.141. The summed E-state index contributed by atoms with van der Waals surface area (Å²) in [5, 5.41) is 0. The molecule has 0 radical (unpaired) electrons. The van der Waals surface area contributed by atoms with Crippen molar-refractivity contribution in [2.45, 2.75) is 45.3 Å². The van der Waals surface area contributed by atoms with Gasteiger partial charge in [-0.25, -0.2) is 0 Å². The highest BCUT2D eigenvalue weighted by atomic mass is 16.3. The smallest absolute Gasteiger partial charge is 0.122 e. The Labute approximate surface area is 91.2 Å². The zero-order chi connectivity index (χ0) is 10.7. The van der Waals surface area contributed by atoms with Gasteiger partial charge < -0.3 is 10.2 Å². The molecule has 0 bridgehead atoms. The van der Waals surface area contributed by atoms with E-state index < -0.39 is 0 Å². The molecular weight excluding hydrogens is 188 g/mol. The monoisotopic (exact) mass is 208 g/mol. The first-order valence-electron chi connectivity index (χ1n) is 5.80. The highest BCUT2D eigenvalue weighted by molar-refractivity contribution is 5.16. The van der Waals surface area contributed by atoms with Gasteiger partial charge in [0, 0.05) is 18.2 Å². The van der Waals surface area contributed by atoms with E-state index in [1.165, 1.54) is 25.8 Å². The maximum absolute atomic E-state index is 5.66. The summed E-state index contributed by atoms with van der Waals surface area (Å²) in [6.07, 6.45) is 5.72. The van der Waals surface area contributed by atoms with Crippen LogP contribution in [0, 0.1) is 0 Å². The van der Waals surface area contributed by atoms with E-state index in [1.807, 2.05) is 6.07 Å². The van der Waals surface area contributed by atoms with Gasteiger partial charge in [0.2, 0.25) is 0 Å². The molecule has 0 spiro atoms. The lowest BCUT2D eigenvalue weighted by atomic mass is 10.0. The lowest BCUT2D eigenvalue weighted by Crippen LogP contribution is -2.36. The highest BCUT2D eigenvalue weighted by Crippen LogP contribution is 2.21. The van der Waals surface area contributed by atoms with E-state index in [4.69, 9.17) is 10.2 Å². The van der Waals surface area contributed by atoms with Crippen LogP contribution in [0.1, 0.15) is 37.5 Å². The van der Waals surface area contributed by atoms with Crippen LogP contribution in [0.2, 0.25) is 0 Å².